The van der Waals surface area contributed by atoms with Gasteiger partial charge in [-0.2, -0.15) is 0 Å². The third-order valence-electron chi connectivity index (χ3n) is 3.74. The minimum atomic E-state index is -0.163. The maximum absolute atomic E-state index is 12.4. The standard InChI is InChI=1S/C15H17BrN4O/c1-9-5-6-12(16)11(8-9)15(21)17-10(2)14-19-18-13-4-3-7-20(13)14/h5-6,8,10H,3-4,7H2,1-2H3,(H,17,21). The number of aromatic nitrogens is 3. The maximum Gasteiger partial charge on any atom is 0.253 e. The third kappa shape index (κ3) is 2.72. The monoisotopic (exact) mass is 348 g/mol. The smallest absolute Gasteiger partial charge is 0.253 e. The van der Waals surface area contributed by atoms with Crippen LogP contribution in [0.2, 0.25) is 0 Å². The molecule has 1 aliphatic rings. The molecule has 1 unspecified atom stereocenters. The summed E-state index contributed by atoms with van der Waals surface area (Å²) in [4.78, 5) is 12.4. The number of aryl methyl sites for hydroxylation is 2. The highest BCUT2D eigenvalue weighted by Gasteiger charge is 2.23. The van der Waals surface area contributed by atoms with E-state index in [1.807, 2.05) is 32.0 Å². The van der Waals surface area contributed by atoms with E-state index in [0.29, 0.717) is 5.56 Å². The lowest BCUT2D eigenvalue weighted by Gasteiger charge is -2.15. The largest absolute Gasteiger partial charge is 0.342 e. The van der Waals surface area contributed by atoms with E-state index < -0.39 is 0 Å². The SMILES string of the molecule is Cc1ccc(Br)c(C(=O)NC(C)c2nnc3n2CCC3)c1. The number of carbonyl (C=O) groups excluding carboxylic acids is 1. The van der Waals surface area contributed by atoms with Crippen molar-refractivity contribution in [2.45, 2.75) is 39.3 Å². The van der Waals surface area contributed by atoms with Crippen LogP contribution in [-0.2, 0) is 13.0 Å². The Morgan fingerprint density at radius 1 is 1.43 bits per heavy atom. The molecule has 0 radical (unpaired) electrons. The first-order valence-electron chi connectivity index (χ1n) is 7.05. The predicted molar refractivity (Wildman–Crippen MR) is 83.1 cm³/mol. The van der Waals surface area contributed by atoms with Gasteiger partial charge in [0, 0.05) is 17.4 Å². The number of hydrogen-bond acceptors (Lipinski definition) is 3. The number of benzene rings is 1. The number of fused-ring (bicyclic) bond motifs is 1. The second-order valence-electron chi connectivity index (χ2n) is 5.41. The van der Waals surface area contributed by atoms with Crippen molar-refractivity contribution >= 4 is 21.8 Å². The van der Waals surface area contributed by atoms with E-state index in [-0.39, 0.29) is 11.9 Å². The van der Waals surface area contributed by atoms with Gasteiger partial charge in [-0.05, 0) is 48.3 Å². The van der Waals surface area contributed by atoms with Crippen LogP contribution < -0.4 is 5.32 Å². The van der Waals surface area contributed by atoms with Crippen LogP contribution in [0.4, 0.5) is 0 Å². The Hall–Kier alpha value is -1.69. The number of nitrogens with one attached hydrogen (secondary N) is 1. The fraction of sp³-hybridized carbons (Fsp3) is 0.400. The van der Waals surface area contributed by atoms with Crippen LogP contribution in [0.25, 0.3) is 0 Å². The van der Waals surface area contributed by atoms with Crippen molar-refractivity contribution in [2.24, 2.45) is 0 Å². The topological polar surface area (TPSA) is 59.8 Å². The van der Waals surface area contributed by atoms with E-state index in [1.165, 1.54) is 0 Å². The average molecular weight is 349 g/mol. The lowest BCUT2D eigenvalue weighted by molar-refractivity contribution is 0.0936. The van der Waals surface area contributed by atoms with Crippen molar-refractivity contribution in [1.82, 2.24) is 20.1 Å². The molecule has 5 nitrogen and oxygen atoms in total. The molecule has 1 N–H and O–H groups in total. The van der Waals surface area contributed by atoms with E-state index in [0.717, 1.165) is 41.1 Å². The lowest BCUT2D eigenvalue weighted by Crippen LogP contribution is -2.29. The minimum absolute atomic E-state index is 0.103. The van der Waals surface area contributed by atoms with Gasteiger partial charge in [0.15, 0.2) is 5.82 Å². The van der Waals surface area contributed by atoms with E-state index in [9.17, 15) is 4.79 Å². The molecule has 1 aromatic heterocycles. The number of rotatable bonds is 3. The Bertz CT molecular complexity index is 695. The molecule has 0 aliphatic carbocycles. The average Bonchev–Trinajstić information content (AvgIpc) is 3.03. The fourth-order valence-corrected chi connectivity index (χ4v) is 3.07. The Morgan fingerprint density at radius 2 is 2.24 bits per heavy atom. The maximum atomic E-state index is 12.4. The number of amides is 1. The highest BCUT2D eigenvalue weighted by atomic mass is 79.9. The van der Waals surface area contributed by atoms with Crippen LogP contribution in [0, 0.1) is 6.92 Å². The van der Waals surface area contributed by atoms with E-state index in [1.54, 1.807) is 0 Å². The molecule has 0 spiro atoms. The number of nitrogens with zero attached hydrogens (tertiary/aromatic N) is 3. The highest BCUT2D eigenvalue weighted by Crippen LogP contribution is 2.21. The minimum Gasteiger partial charge on any atom is -0.342 e. The fourth-order valence-electron chi connectivity index (χ4n) is 2.65. The summed E-state index contributed by atoms with van der Waals surface area (Å²) in [5.74, 6) is 1.75. The summed E-state index contributed by atoms with van der Waals surface area (Å²) in [6.07, 6.45) is 2.07. The molecule has 2 aromatic rings. The third-order valence-corrected chi connectivity index (χ3v) is 4.43. The normalized spacial score (nSPS) is 14.8. The summed E-state index contributed by atoms with van der Waals surface area (Å²) >= 11 is 3.43. The first-order valence-corrected chi connectivity index (χ1v) is 7.84. The second-order valence-corrected chi connectivity index (χ2v) is 6.26. The van der Waals surface area contributed by atoms with Crippen LogP contribution in [0.1, 0.15) is 47.0 Å². The molecule has 0 saturated carbocycles. The van der Waals surface area contributed by atoms with Gasteiger partial charge >= 0.3 is 0 Å². The van der Waals surface area contributed by atoms with Gasteiger partial charge in [-0.1, -0.05) is 11.6 Å². The van der Waals surface area contributed by atoms with Crippen LogP contribution in [-0.4, -0.2) is 20.7 Å². The molecule has 0 bridgehead atoms. The van der Waals surface area contributed by atoms with E-state index >= 15 is 0 Å². The van der Waals surface area contributed by atoms with E-state index in [4.69, 9.17) is 0 Å². The molecular formula is C15H17BrN4O. The molecule has 1 atom stereocenters. The van der Waals surface area contributed by atoms with Gasteiger partial charge in [0.05, 0.1) is 11.6 Å². The Kier molecular flexibility index (Phi) is 3.80. The molecule has 0 fully saturated rings. The highest BCUT2D eigenvalue weighted by molar-refractivity contribution is 9.10. The Morgan fingerprint density at radius 3 is 3.05 bits per heavy atom. The first-order chi connectivity index (χ1) is 10.1. The molecule has 1 aliphatic heterocycles. The number of halogens is 1. The molecule has 110 valence electrons. The van der Waals surface area contributed by atoms with Crippen LogP contribution in [0.15, 0.2) is 22.7 Å². The molecule has 6 heteroatoms. The van der Waals surface area contributed by atoms with Crippen LogP contribution >= 0.6 is 15.9 Å². The summed E-state index contributed by atoms with van der Waals surface area (Å²) in [6, 6.07) is 5.57. The molecule has 2 heterocycles. The summed E-state index contributed by atoms with van der Waals surface area (Å²) in [7, 11) is 0. The summed E-state index contributed by atoms with van der Waals surface area (Å²) in [5.41, 5.74) is 1.70. The van der Waals surface area contributed by atoms with Crippen molar-refractivity contribution in [3.05, 3.63) is 45.4 Å². The second kappa shape index (κ2) is 5.60. The van der Waals surface area contributed by atoms with E-state index in [2.05, 4.69) is 36.0 Å². The van der Waals surface area contributed by atoms with Crippen LogP contribution in [0.5, 0.6) is 0 Å². The Balaban J connectivity index is 1.79. The number of hydrogen-bond donors (Lipinski definition) is 1. The van der Waals surface area contributed by atoms with Gasteiger partial charge in [-0.15, -0.1) is 10.2 Å². The molecule has 3 rings (SSSR count). The van der Waals surface area contributed by atoms with Gasteiger partial charge < -0.3 is 9.88 Å². The predicted octanol–water partition coefficient (Wildman–Crippen LogP) is 2.79. The van der Waals surface area contributed by atoms with Crippen molar-refractivity contribution < 1.29 is 4.79 Å². The zero-order valence-electron chi connectivity index (χ0n) is 12.1. The van der Waals surface area contributed by atoms with Gasteiger partial charge in [0.2, 0.25) is 0 Å². The molecule has 0 saturated heterocycles. The van der Waals surface area contributed by atoms with Crippen molar-refractivity contribution in [2.75, 3.05) is 0 Å². The van der Waals surface area contributed by atoms with Crippen LogP contribution in [0.3, 0.4) is 0 Å². The van der Waals surface area contributed by atoms with Gasteiger partial charge in [-0.3, -0.25) is 4.79 Å². The van der Waals surface area contributed by atoms with Gasteiger partial charge in [-0.25, -0.2) is 0 Å². The van der Waals surface area contributed by atoms with Crippen molar-refractivity contribution in [3.63, 3.8) is 0 Å². The zero-order chi connectivity index (χ0) is 15.0. The molecular weight excluding hydrogens is 332 g/mol. The quantitative estimate of drug-likeness (QED) is 0.927. The first kappa shape index (κ1) is 14.3. The summed E-state index contributed by atoms with van der Waals surface area (Å²) in [5, 5.41) is 11.4. The molecule has 1 amide bonds. The summed E-state index contributed by atoms with van der Waals surface area (Å²) in [6.45, 7) is 4.85. The lowest BCUT2D eigenvalue weighted by atomic mass is 10.1. The van der Waals surface area contributed by atoms with Gasteiger partial charge in [0.25, 0.3) is 5.91 Å². The molecule has 1 aromatic carbocycles. The van der Waals surface area contributed by atoms with Crippen molar-refractivity contribution in [1.29, 1.82) is 0 Å². The number of carbonyl (C=O) groups is 1. The Labute approximate surface area is 131 Å². The zero-order valence-corrected chi connectivity index (χ0v) is 13.6. The summed E-state index contributed by atoms with van der Waals surface area (Å²) < 4.78 is 2.90. The molecule has 21 heavy (non-hydrogen) atoms. The van der Waals surface area contributed by atoms with Gasteiger partial charge in [0.1, 0.15) is 5.82 Å². The van der Waals surface area contributed by atoms with Crippen molar-refractivity contribution in [3.8, 4) is 0 Å².